The van der Waals surface area contributed by atoms with Gasteiger partial charge in [0, 0.05) is 6.42 Å². The zero-order valence-electron chi connectivity index (χ0n) is 10.2. The number of hydrogen-bond donors (Lipinski definition) is 1. The summed E-state index contributed by atoms with van der Waals surface area (Å²) in [6.07, 6.45) is 3.94. The highest BCUT2D eigenvalue weighted by Crippen LogP contribution is 2.14. The van der Waals surface area contributed by atoms with E-state index in [4.69, 9.17) is 4.74 Å². The highest BCUT2D eigenvalue weighted by atomic mass is 32.2. The van der Waals surface area contributed by atoms with Crippen LogP contribution < -0.4 is 5.32 Å². The molecule has 16 heavy (non-hydrogen) atoms. The van der Waals surface area contributed by atoms with E-state index in [9.17, 15) is 4.79 Å². The maximum atomic E-state index is 11.0. The van der Waals surface area contributed by atoms with Crippen molar-refractivity contribution in [2.24, 2.45) is 5.92 Å². The van der Waals surface area contributed by atoms with E-state index >= 15 is 0 Å². The normalized spacial score (nSPS) is 15.8. The predicted octanol–water partition coefficient (Wildman–Crippen LogP) is 2.06. The summed E-state index contributed by atoms with van der Waals surface area (Å²) in [6, 6.07) is 0. The molecule has 0 aromatic carbocycles. The summed E-state index contributed by atoms with van der Waals surface area (Å²) < 4.78 is 4.87. The smallest absolute Gasteiger partial charge is 0.305 e. The second kappa shape index (κ2) is 8.88. The third kappa shape index (κ3) is 6.38. The maximum absolute atomic E-state index is 11.0. The number of thioether (sulfide) groups is 1. The standard InChI is InChI=1S/C12H23NO2S/c1-2-15-12(14)6-4-3-5-7-16-10-11-8-13-9-11/h11,13H,2-10H2,1H3. The molecule has 1 fully saturated rings. The first-order valence-corrected chi connectivity index (χ1v) is 7.42. The Morgan fingerprint density at radius 1 is 1.38 bits per heavy atom. The zero-order chi connectivity index (χ0) is 11.6. The number of nitrogens with one attached hydrogen (secondary N) is 1. The van der Waals surface area contributed by atoms with Crippen LogP contribution in [0.25, 0.3) is 0 Å². The van der Waals surface area contributed by atoms with E-state index in [0.717, 1.165) is 18.8 Å². The topological polar surface area (TPSA) is 38.3 Å². The van der Waals surface area contributed by atoms with E-state index in [-0.39, 0.29) is 5.97 Å². The van der Waals surface area contributed by atoms with Crippen molar-refractivity contribution in [3.8, 4) is 0 Å². The van der Waals surface area contributed by atoms with Crippen LogP contribution in [0.2, 0.25) is 0 Å². The molecular formula is C12H23NO2S. The second-order valence-electron chi connectivity index (χ2n) is 4.21. The second-order valence-corrected chi connectivity index (χ2v) is 5.36. The van der Waals surface area contributed by atoms with Gasteiger partial charge in [0.1, 0.15) is 0 Å². The number of unbranched alkanes of at least 4 members (excludes halogenated alkanes) is 2. The van der Waals surface area contributed by atoms with Crippen molar-refractivity contribution in [1.29, 1.82) is 0 Å². The fourth-order valence-corrected chi connectivity index (χ4v) is 2.74. The number of rotatable bonds is 9. The van der Waals surface area contributed by atoms with E-state index in [1.807, 2.05) is 6.92 Å². The number of carbonyl (C=O) groups is 1. The van der Waals surface area contributed by atoms with Gasteiger partial charge in [-0.25, -0.2) is 0 Å². The molecule has 94 valence electrons. The Kier molecular flexibility index (Phi) is 7.68. The lowest BCUT2D eigenvalue weighted by Crippen LogP contribution is -2.43. The molecule has 0 amide bonds. The quantitative estimate of drug-likeness (QED) is 0.498. The highest BCUT2D eigenvalue weighted by Gasteiger charge is 2.15. The summed E-state index contributed by atoms with van der Waals surface area (Å²) in [6.45, 7) is 4.76. The van der Waals surface area contributed by atoms with Gasteiger partial charge in [0.2, 0.25) is 0 Å². The largest absolute Gasteiger partial charge is 0.466 e. The van der Waals surface area contributed by atoms with Gasteiger partial charge in [0.25, 0.3) is 0 Å². The van der Waals surface area contributed by atoms with Crippen LogP contribution in [0.15, 0.2) is 0 Å². The Balaban J connectivity index is 1.75. The molecule has 0 spiro atoms. The lowest BCUT2D eigenvalue weighted by atomic mass is 10.1. The van der Waals surface area contributed by atoms with Gasteiger partial charge >= 0.3 is 5.97 Å². The third-order valence-corrected chi connectivity index (χ3v) is 3.98. The number of ether oxygens (including phenoxy) is 1. The van der Waals surface area contributed by atoms with Crippen LogP contribution in [-0.4, -0.2) is 37.2 Å². The summed E-state index contributed by atoms with van der Waals surface area (Å²) in [5.41, 5.74) is 0. The molecule has 4 heteroatoms. The van der Waals surface area contributed by atoms with Crippen LogP contribution in [0.5, 0.6) is 0 Å². The average molecular weight is 245 g/mol. The lowest BCUT2D eigenvalue weighted by molar-refractivity contribution is -0.143. The van der Waals surface area contributed by atoms with Gasteiger partial charge in [-0.2, -0.15) is 11.8 Å². The molecule has 1 saturated heterocycles. The van der Waals surface area contributed by atoms with Gasteiger partial charge < -0.3 is 10.1 Å². The number of carbonyl (C=O) groups excluding carboxylic acids is 1. The maximum Gasteiger partial charge on any atom is 0.305 e. The molecule has 0 aromatic rings. The van der Waals surface area contributed by atoms with Crippen molar-refractivity contribution in [1.82, 2.24) is 5.32 Å². The van der Waals surface area contributed by atoms with Gasteiger partial charge in [0.15, 0.2) is 0 Å². The zero-order valence-corrected chi connectivity index (χ0v) is 11.0. The Morgan fingerprint density at radius 2 is 2.19 bits per heavy atom. The predicted molar refractivity (Wildman–Crippen MR) is 68.8 cm³/mol. The van der Waals surface area contributed by atoms with Crippen molar-refractivity contribution < 1.29 is 9.53 Å². The Bertz CT molecular complexity index is 195. The van der Waals surface area contributed by atoms with E-state index in [1.54, 1.807) is 0 Å². The fourth-order valence-electron chi connectivity index (χ4n) is 1.60. The molecule has 1 aliphatic heterocycles. The summed E-state index contributed by atoms with van der Waals surface area (Å²) in [4.78, 5) is 11.0. The molecule has 0 aromatic heterocycles. The van der Waals surface area contributed by atoms with Crippen molar-refractivity contribution in [2.75, 3.05) is 31.2 Å². The molecule has 0 bridgehead atoms. The molecule has 1 N–H and O–H groups in total. The highest BCUT2D eigenvalue weighted by molar-refractivity contribution is 7.99. The van der Waals surface area contributed by atoms with Crippen molar-refractivity contribution in [2.45, 2.75) is 32.6 Å². The molecule has 0 unspecified atom stereocenters. The van der Waals surface area contributed by atoms with Crippen LogP contribution in [0.4, 0.5) is 0 Å². The van der Waals surface area contributed by atoms with Gasteiger partial charge in [-0.15, -0.1) is 0 Å². The minimum atomic E-state index is -0.0457. The number of esters is 1. The van der Waals surface area contributed by atoms with Crippen molar-refractivity contribution in [3.05, 3.63) is 0 Å². The SMILES string of the molecule is CCOC(=O)CCCCCSCC1CNC1. The Hall–Kier alpha value is -0.220. The Labute approximate surface area is 103 Å². The van der Waals surface area contributed by atoms with Crippen LogP contribution in [0.1, 0.15) is 32.6 Å². The molecular weight excluding hydrogens is 222 g/mol. The molecule has 1 aliphatic rings. The molecule has 1 rings (SSSR count). The van der Waals surface area contributed by atoms with Crippen LogP contribution in [0, 0.1) is 5.92 Å². The minimum Gasteiger partial charge on any atom is -0.466 e. The molecule has 0 saturated carbocycles. The van der Waals surface area contributed by atoms with E-state index in [0.29, 0.717) is 13.0 Å². The summed E-state index contributed by atoms with van der Waals surface area (Å²) >= 11 is 2.05. The molecule has 0 aliphatic carbocycles. The first kappa shape index (κ1) is 13.8. The van der Waals surface area contributed by atoms with Gasteiger partial charge in [-0.3, -0.25) is 4.79 Å². The van der Waals surface area contributed by atoms with E-state index in [2.05, 4.69) is 17.1 Å². The minimum absolute atomic E-state index is 0.0457. The third-order valence-electron chi connectivity index (χ3n) is 2.69. The van der Waals surface area contributed by atoms with Crippen LogP contribution >= 0.6 is 11.8 Å². The van der Waals surface area contributed by atoms with Crippen LogP contribution in [0.3, 0.4) is 0 Å². The van der Waals surface area contributed by atoms with Gasteiger partial charge in [-0.1, -0.05) is 6.42 Å². The van der Waals surface area contributed by atoms with Crippen molar-refractivity contribution >= 4 is 17.7 Å². The van der Waals surface area contributed by atoms with Gasteiger partial charge in [-0.05, 0) is 50.3 Å². The monoisotopic (exact) mass is 245 g/mol. The molecule has 0 atom stereocenters. The molecule has 0 radical (unpaired) electrons. The average Bonchev–Trinajstić information content (AvgIpc) is 2.19. The van der Waals surface area contributed by atoms with Crippen molar-refractivity contribution in [3.63, 3.8) is 0 Å². The summed E-state index contributed by atoms with van der Waals surface area (Å²) in [7, 11) is 0. The molecule has 1 heterocycles. The van der Waals surface area contributed by atoms with Crippen LogP contribution in [-0.2, 0) is 9.53 Å². The molecule has 3 nitrogen and oxygen atoms in total. The van der Waals surface area contributed by atoms with Gasteiger partial charge in [0.05, 0.1) is 6.61 Å². The first-order chi connectivity index (χ1) is 7.83. The summed E-state index contributed by atoms with van der Waals surface area (Å²) in [5.74, 6) is 3.39. The van der Waals surface area contributed by atoms with E-state index < -0.39 is 0 Å². The fraction of sp³-hybridized carbons (Fsp3) is 0.917. The number of hydrogen-bond acceptors (Lipinski definition) is 4. The lowest BCUT2D eigenvalue weighted by Gasteiger charge is -2.26. The summed E-state index contributed by atoms with van der Waals surface area (Å²) in [5, 5.41) is 3.28. The first-order valence-electron chi connectivity index (χ1n) is 6.27. The van der Waals surface area contributed by atoms with E-state index in [1.165, 1.54) is 31.0 Å². The Morgan fingerprint density at radius 3 is 2.81 bits per heavy atom.